The number of hydrogen-bond donors (Lipinski definition) is 0. The van der Waals surface area contributed by atoms with E-state index < -0.39 is 0 Å². The highest BCUT2D eigenvalue weighted by Crippen LogP contribution is 2.31. The maximum absolute atomic E-state index is 5.75. The van der Waals surface area contributed by atoms with Crippen molar-refractivity contribution >= 4 is 0 Å². The van der Waals surface area contributed by atoms with Gasteiger partial charge in [-0.15, -0.1) is 6.42 Å². The van der Waals surface area contributed by atoms with Crippen molar-refractivity contribution in [3.05, 3.63) is 102 Å². The minimum absolute atomic E-state index is 0.448. The largest absolute Gasteiger partial charge is 0.337 e. The van der Waals surface area contributed by atoms with Crippen LogP contribution in [-0.4, -0.2) is 4.57 Å². The van der Waals surface area contributed by atoms with E-state index in [1.807, 2.05) is 54.6 Å². The second kappa shape index (κ2) is 8.34. The molecule has 4 rings (SSSR count). The number of imidazole rings is 1. The monoisotopic (exact) mass is 373 g/mol. The van der Waals surface area contributed by atoms with Crippen LogP contribution >= 0.6 is 0 Å². The molecule has 0 saturated heterocycles. The van der Waals surface area contributed by atoms with Crippen molar-refractivity contribution in [2.75, 3.05) is 0 Å². The molecule has 1 aromatic heterocycles. The van der Waals surface area contributed by atoms with Gasteiger partial charge in [-0.3, -0.25) is 0 Å². The Morgan fingerprint density at radius 2 is 1.31 bits per heavy atom. The van der Waals surface area contributed by atoms with Crippen LogP contribution in [0.1, 0.15) is 11.4 Å². The van der Waals surface area contributed by atoms with Crippen molar-refractivity contribution in [1.82, 2.24) is 4.57 Å². The van der Waals surface area contributed by atoms with Gasteiger partial charge in [-0.25, -0.2) is 9.13 Å². The van der Waals surface area contributed by atoms with E-state index in [2.05, 4.69) is 70.3 Å². The Morgan fingerprint density at radius 1 is 0.759 bits per heavy atom. The fourth-order valence-corrected chi connectivity index (χ4v) is 3.54. The van der Waals surface area contributed by atoms with E-state index in [0.29, 0.717) is 6.54 Å². The molecule has 0 saturated carbocycles. The lowest BCUT2D eigenvalue weighted by atomic mass is 10.0. The molecule has 0 atom stereocenters. The highest BCUT2D eigenvalue weighted by atomic mass is 15.2. The molecule has 0 N–H and O–H groups in total. The van der Waals surface area contributed by atoms with Gasteiger partial charge in [0.15, 0.2) is 17.9 Å². The van der Waals surface area contributed by atoms with Crippen molar-refractivity contribution in [1.29, 1.82) is 0 Å². The van der Waals surface area contributed by atoms with Gasteiger partial charge in [0, 0.05) is 22.6 Å². The van der Waals surface area contributed by atoms with E-state index in [1.54, 1.807) is 0 Å². The first kappa shape index (κ1) is 18.4. The van der Waals surface area contributed by atoms with E-state index in [9.17, 15) is 0 Å². The molecule has 2 heteroatoms. The summed E-state index contributed by atoms with van der Waals surface area (Å²) in [7, 11) is 2.05. The number of aromatic nitrogens is 2. The van der Waals surface area contributed by atoms with E-state index in [4.69, 9.17) is 6.42 Å². The fraction of sp³-hybridized carbons (Fsp3) is 0.0741. The van der Waals surface area contributed by atoms with Crippen LogP contribution in [0.2, 0.25) is 0 Å². The molecule has 0 radical (unpaired) electrons. The van der Waals surface area contributed by atoms with Crippen molar-refractivity contribution in [2.45, 2.75) is 6.54 Å². The number of terminal acetylenes is 1. The van der Waals surface area contributed by atoms with Crippen LogP contribution in [0.3, 0.4) is 0 Å². The lowest BCUT2D eigenvalue weighted by molar-refractivity contribution is -0.662. The second-order valence-electron chi connectivity index (χ2n) is 6.72. The molecule has 0 aliphatic carbocycles. The normalized spacial score (nSPS) is 10.1. The van der Waals surface area contributed by atoms with E-state index >= 15 is 0 Å². The Labute approximate surface area is 172 Å². The third-order valence-electron chi connectivity index (χ3n) is 4.84. The fourth-order valence-electron chi connectivity index (χ4n) is 3.54. The van der Waals surface area contributed by atoms with Crippen LogP contribution in [0.5, 0.6) is 0 Å². The quantitative estimate of drug-likeness (QED) is 0.364. The first-order valence-corrected chi connectivity index (χ1v) is 9.53. The first-order chi connectivity index (χ1) is 14.3. The third kappa shape index (κ3) is 3.70. The lowest BCUT2D eigenvalue weighted by Crippen LogP contribution is -2.33. The predicted octanol–water partition coefficient (Wildman–Crippen LogP) is 4.68. The predicted molar refractivity (Wildman–Crippen MR) is 118 cm³/mol. The van der Waals surface area contributed by atoms with Gasteiger partial charge >= 0.3 is 5.82 Å². The zero-order chi connectivity index (χ0) is 20.1. The summed E-state index contributed by atoms with van der Waals surface area (Å²) in [5, 5.41) is 0. The molecular formula is C27H21N2+. The zero-order valence-corrected chi connectivity index (χ0v) is 16.3. The molecule has 0 bridgehead atoms. The molecule has 0 aliphatic rings. The van der Waals surface area contributed by atoms with Gasteiger partial charge in [-0.1, -0.05) is 90.7 Å². The molecule has 0 unspecified atom stereocenters. The molecule has 4 aromatic rings. The van der Waals surface area contributed by atoms with Crippen LogP contribution < -0.4 is 4.57 Å². The topological polar surface area (TPSA) is 8.81 Å². The van der Waals surface area contributed by atoms with Crippen LogP contribution in [0.15, 0.2) is 91.0 Å². The molecular weight excluding hydrogens is 352 g/mol. The molecule has 0 aliphatic heterocycles. The van der Waals surface area contributed by atoms with Gasteiger partial charge in [0.05, 0.1) is 7.05 Å². The lowest BCUT2D eigenvalue weighted by Gasteiger charge is -2.03. The average molecular weight is 373 g/mol. The summed E-state index contributed by atoms with van der Waals surface area (Å²) in [6, 6.07) is 30.7. The average Bonchev–Trinajstić information content (AvgIpc) is 3.06. The van der Waals surface area contributed by atoms with E-state index in [0.717, 1.165) is 33.9 Å². The summed E-state index contributed by atoms with van der Waals surface area (Å²) in [5.74, 6) is 10.3. The number of nitrogens with zero attached hydrogens (tertiary/aromatic N) is 2. The van der Waals surface area contributed by atoms with Crippen molar-refractivity contribution in [3.63, 3.8) is 0 Å². The Morgan fingerprint density at radius 3 is 1.90 bits per heavy atom. The molecule has 2 nitrogen and oxygen atoms in total. The summed E-state index contributed by atoms with van der Waals surface area (Å²) < 4.78 is 4.28. The van der Waals surface area contributed by atoms with Crippen LogP contribution in [0.25, 0.3) is 22.5 Å². The Bertz CT molecular complexity index is 1220. The Kier molecular flexibility index (Phi) is 5.28. The molecule has 0 spiro atoms. The third-order valence-corrected chi connectivity index (χ3v) is 4.84. The highest BCUT2D eigenvalue weighted by molar-refractivity contribution is 5.77. The summed E-state index contributed by atoms with van der Waals surface area (Å²) in [6.45, 7) is 0.448. The van der Waals surface area contributed by atoms with Gasteiger partial charge in [0.2, 0.25) is 0 Å². The van der Waals surface area contributed by atoms with Gasteiger partial charge < -0.3 is 0 Å². The van der Waals surface area contributed by atoms with Crippen LogP contribution in [-0.2, 0) is 13.6 Å². The number of benzene rings is 3. The smallest absolute Gasteiger partial charge is 0.218 e. The summed E-state index contributed by atoms with van der Waals surface area (Å²) in [4.78, 5) is 0. The van der Waals surface area contributed by atoms with Gasteiger partial charge in [0.1, 0.15) is 0 Å². The SMILES string of the molecule is C#CCn1c(-c2ccccc2)c(-c2ccccc2)[n+](C)c1C#Cc1ccccc1. The second-order valence-corrected chi connectivity index (χ2v) is 6.72. The van der Waals surface area contributed by atoms with Gasteiger partial charge in [-0.2, -0.15) is 0 Å². The minimum Gasteiger partial charge on any atom is -0.218 e. The molecule has 0 amide bonds. The molecule has 138 valence electrons. The van der Waals surface area contributed by atoms with Crippen molar-refractivity contribution in [3.8, 4) is 46.7 Å². The standard InChI is InChI=1S/C27H21N2/c1-3-21-29-25(20-19-22-13-7-4-8-14-22)28(2)26(23-15-9-5-10-16-23)27(29)24-17-11-6-12-18-24/h1,4-18H,21H2,2H3/q+1. The van der Waals surface area contributed by atoms with Gasteiger partial charge in [-0.05, 0) is 12.1 Å². The Balaban J connectivity index is 2.01. The van der Waals surface area contributed by atoms with E-state index in [1.165, 1.54) is 0 Å². The van der Waals surface area contributed by atoms with Crippen LogP contribution in [0.4, 0.5) is 0 Å². The van der Waals surface area contributed by atoms with Crippen molar-refractivity contribution in [2.24, 2.45) is 7.05 Å². The van der Waals surface area contributed by atoms with Crippen LogP contribution in [0, 0.1) is 24.2 Å². The molecule has 29 heavy (non-hydrogen) atoms. The first-order valence-electron chi connectivity index (χ1n) is 9.53. The maximum Gasteiger partial charge on any atom is 0.337 e. The summed E-state index contributed by atoms with van der Waals surface area (Å²) in [5.41, 5.74) is 5.40. The van der Waals surface area contributed by atoms with Gasteiger partial charge in [0.25, 0.3) is 0 Å². The molecule has 3 aromatic carbocycles. The highest BCUT2D eigenvalue weighted by Gasteiger charge is 2.29. The van der Waals surface area contributed by atoms with E-state index in [-0.39, 0.29) is 0 Å². The zero-order valence-electron chi connectivity index (χ0n) is 16.3. The molecule has 0 fully saturated rings. The molecule has 1 heterocycles. The minimum atomic E-state index is 0.448. The maximum atomic E-state index is 5.75. The summed E-state index contributed by atoms with van der Waals surface area (Å²) in [6.07, 6.45) is 5.75. The Hall–Kier alpha value is -4.01. The van der Waals surface area contributed by atoms with Crippen molar-refractivity contribution < 1.29 is 4.57 Å². The number of hydrogen-bond acceptors (Lipinski definition) is 0. The summed E-state index contributed by atoms with van der Waals surface area (Å²) >= 11 is 0. The number of rotatable bonds is 3.